The highest BCUT2D eigenvalue weighted by Gasteiger charge is 2.50. The van der Waals surface area contributed by atoms with E-state index in [1.54, 1.807) is 25.4 Å². The van der Waals surface area contributed by atoms with Crippen LogP contribution in [0, 0.1) is 0 Å². The largest absolute Gasteiger partial charge is 0.497 e. The Morgan fingerprint density at radius 2 is 1.97 bits per heavy atom. The predicted octanol–water partition coefficient (Wildman–Crippen LogP) is 4.47. The average molecular weight is 436 g/mol. The van der Waals surface area contributed by atoms with Gasteiger partial charge >= 0.3 is 6.03 Å². The number of likely N-dealkylation sites (tertiary alicyclic amines) is 1. The molecule has 2 saturated heterocycles. The smallest absolute Gasteiger partial charge is 0.326 e. The Bertz CT molecular complexity index is 1150. The Morgan fingerprint density at radius 3 is 2.74 bits per heavy atom. The molecule has 2 aromatic carbocycles. The molecule has 0 saturated carbocycles. The first-order valence-corrected chi connectivity index (χ1v) is 11.4. The molecule has 0 aliphatic carbocycles. The van der Waals surface area contributed by atoms with Gasteiger partial charge in [-0.2, -0.15) is 0 Å². The van der Waals surface area contributed by atoms with Crippen LogP contribution in [0.4, 0.5) is 4.79 Å². The maximum absolute atomic E-state index is 13.5. The van der Waals surface area contributed by atoms with Crippen molar-refractivity contribution in [3.63, 3.8) is 0 Å². The fourth-order valence-corrected chi connectivity index (χ4v) is 5.56. The molecule has 1 aromatic heterocycles. The monoisotopic (exact) mass is 435 g/mol. The number of thiophene rings is 1. The van der Waals surface area contributed by atoms with E-state index in [1.807, 2.05) is 36.4 Å². The van der Waals surface area contributed by atoms with Gasteiger partial charge in [-0.15, -0.1) is 11.3 Å². The summed E-state index contributed by atoms with van der Waals surface area (Å²) >= 11 is 1.73. The van der Waals surface area contributed by atoms with Crippen molar-refractivity contribution in [3.8, 4) is 5.75 Å². The number of rotatable bonds is 5. The number of hydrogen-bond donors (Lipinski definition) is 1. The van der Waals surface area contributed by atoms with Crippen molar-refractivity contribution in [1.82, 2.24) is 15.1 Å². The quantitative estimate of drug-likeness (QED) is 0.601. The zero-order valence-corrected chi connectivity index (χ0v) is 18.4. The molecule has 0 bridgehead atoms. The molecule has 3 aromatic rings. The van der Waals surface area contributed by atoms with Gasteiger partial charge in [-0.25, -0.2) is 9.69 Å². The Kier molecular flexibility index (Phi) is 4.95. The Morgan fingerprint density at radius 1 is 1.16 bits per heavy atom. The lowest BCUT2D eigenvalue weighted by Gasteiger charge is -2.28. The minimum absolute atomic E-state index is 0.206. The number of carbonyl (C=O) groups is 2. The molecule has 2 aliphatic rings. The van der Waals surface area contributed by atoms with Crippen LogP contribution in [0.1, 0.15) is 36.2 Å². The molecule has 1 N–H and O–H groups in total. The lowest BCUT2D eigenvalue weighted by Crippen LogP contribution is -2.43. The summed E-state index contributed by atoms with van der Waals surface area (Å²) in [5, 5.41) is 7.04. The summed E-state index contributed by atoms with van der Waals surface area (Å²) in [5.41, 5.74) is -0.300. The van der Waals surface area contributed by atoms with E-state index in [0.717, 1.165) is 41.5 Å². The van der Waals surface area contributed by atoms with Crippen LogP contribution < -0.4 is 10.1 Å². The number of urea groups is 1. The number of benzene rings is 2. The molecule has 3 amide bonds. The normalized spacial score (nSPS) is 24.2. The molecule has 2 atom stereocenters. The predicted molar refractivity (Wildman–Crippen MR) is 121 cm³/mol. The van der Waals surface area contributed by atoms with E-state index >= 15 is 0 Å². The van der Waals surface area contributed by atoms with Crippen molar-refractivity contribution in [3.05, 3.63) is 64.4 Å². The van der Waals surface area contributed by atoms with Gasteiger partial charge in [0.1, 0.15) is 11.3 Å². The van der Waals surface area contributed by atoms with Crippen molar-refractivity contribution < 1.29 is 14.3 Å². The number of imide groups is 1. The fourth-order valence-electron chi connectivity index (χ4n) is 4.66. The van der Waals surface area contributed by atoms with Gasteiger partial charge in [0.15, 0.2) is 0 Å². The van der Waals surface area contributed by atoms with Crippen molar-refractivity contribution in [2.75, 3.05) is 20.3 Å². The van der Waals surface area contributed by atoms with Gasteiger partial charge in [0.05, 0.1) is 13.8 Å². The van der Waals surface area contributed by atoms with Crippen LogP contribution in [-0.2, 0) is 10.3 Å². The van der Waals surface area contributed by atoms with Crippen molar-refractivity contribution >= 4 is 34.0 Å². The van der Waals surface area contributed by atoms with E-state index in [2.05, 4.69) is 27.7 Å². The molecule has 5 rings (SSSR count). The highest BCUT2D eigenvalue weighted by atomic mass is 32.1. The fraction of sp³-hybridized carbons (Fsp3) is 0.333. The average Bonchev–Trinajstić information content (AvgIpc) is 3.51. The van der Waals surface area contributed by atoms with Gasteiger partial charge in [-0.05, 0) is 65.7 Å². The van der Waals surface area contributed by atoms with Gasteiger partial charge in [-0.1, -0.05) is 24.3 Å². The molecule has 31 heavy (non-hydrogen) atoms. The van der Waals surface area contributed by atoms with Gasteiger partial charge in [0.2, 0.25) is 0 Å². The Balaban J connectivity index is 1.40. The molecular formula is C24H25N3O3S. The maximum Gasteiger partial charge on any atom is 0.326 e. The van der Waals surface area contributed by atoms with E-state index in [4.69, 9.17) is 4.74 Å². The summed E-state index contributed by atoms with van der Waals surface area (Å²) in [6.45, 7) is 2.99. The highest BCUT2D eigenvalue weighted by molar-refractivity contribution is 7.10. The van der Waals surface area contributed by atoms with E-state index in [1.165, 1.54) is 9.78 Å². The number of hydrogen-bond acceptors (Lipinski definition) is 5. The van der Waals surface area contributed by atoms with Crippen LogP contribution in [0.25, 0.3) is 10.8 Å². The van der Waals surface area contributed by atoms with E-state index in [-0.39, 0.29) is 18.0 Å². The SMILES string of the molecule is COc1ccc2cc([C@@]3(C)NC(=O)N(CN4CCC[C@H]4c4cccs4)C3=O)ccc2c1. The highest BCUT2D eigenvalue weighted by Crippen LogP contribution is 2.37. The van der Waals surface area contributed by atoms with E-state index < -0.39 is 5.54 Å². The number of methoxy groups -OCH3 is 1. The first-order valence-electron chi connectivity index (χ1n) is 10.5. The van der Waals surface area contributed by atoms with Crippen molar-refractivity contribution in [2.45, 2.75) is 31.3 Å². The standard InChI is InChI=1S/C24H25N3O3S/c1-24(18-9-7-17-14-19(30-2)10-8-16(17)13-18)22(28)27(23(29)25-24)15-26-11-3-5-20(26)21-6-4-12-31-21/h4,6-10,12-14,20H,3,5,11,15H2,1-2H3,(H,25,29)/t20-,24+/m0/s1. The molecule has 3 heterocycles. The van der Waals surface area contributed by atoms with Gasteiger partial charge in [-0.3, -0.25) is 9.69 Å². The molecule has 2 fully saturated rings. The van der Waals surface area contributed by atoms with Crippen LogP contribution in [0.3, 0.4) is 0 Å². The first-order chi connectivity index (χ1) is 15.0. The number of fused-ring (bicyclic) bond motifs is 1. The zero-order chi connectivity index (χ0) is 21.6. The topological polar surface area (TPSA) is 61.9 Å². The van der Waals surface area contributed by atoms with E-state index in [0.29, 0.717) is 6.67 Å². The number of amides is 3. The molecule has 6 nitrogen and oxygen atoms in total. The third-order valence-electron chi connectivity index (χ3n) is 6.46. The lowest BCUT2D eigenvalue weighted by atomic mass is 9.90. The maximum atomic E-state index is 13.5. The second kappa shape index (κ2) is 7.66. The Hall–Kier alpha value is -2.90. The van der Waals surface area contributed by atoms with Gasteiger partial charge in [0.25, 0.3) is 5.91 Å². The second-order valence-corrected chi connectivity index (χ2v) is 9.32. The molecule has 2 aliphatic heterocycles. The molecule has 160 valence electrons. The molecule has 7 heteroatoms. The summed E-state index contributed by atoms with van der Waals surface area (Å²) in [4.78, 5) is 31.2. The van der Waals surface area contributed by atoms with Crippen LogP contribution >= 0.6 is 11.3 Å². The summed E-state index contributed by atoms with van der Waals surface area (Å²) in [7, 11) is 1.64. The number of carbonyl (C=O) groups excluding carboxylic acids is 2. The third-order valence-corrected chi connectivity index (χ3v) is 7.43. The third kappa shape index (κ3) is 3.38. The number of ether oxygens (including phenoxy) is 1. The zero-order valence-electron chi connectivity index (χ0n) is 17.6. The molecule has 0 unspecified atom stereocenters. The van der Waals surface area contributed by atoms with Crippen molar-refractivity contribution in [1.29, 1.82) is 0 Å². The summed E-state index contributed by atoms with van der Waals surface area (Å²) < 4.78 is 5.29. The molecule has 0 radical (unpaired) electrons. The Labute approximate surface area is 185 Å². The second-order valence-electron chi connectivity index (χ2n) is 8.34. The summed E-state index contributed by atoms with van der Waals surface area (Å²) in [5.74, 6) is 0.580. The summed E-state index contributed by atoms with van der Waals surface area (Å²) in [6.07, 6.45) is 2.12. The number of nitrogens with one attached hydrogen (secondary N) is 1. The molecule has 0 spiro atoms. The lowest BCUT2D eigenvalue weighted by molar-refractivity contribution is -0.132. The van der Waals surface area contributed by atoms with E-state index in [9.17, 15) is 9.59 Å². The van der Waals surface area contributed by atoms with Crippen molar-refractivity contribution in [2.24, 2.45) is 0 Å². The molecular weight excluding hydrogens is 410 g/mol. The van der Waals surface area contributed by atoms with Crippen LogP contribution in [0.5, 0.6) is 5.75 Å². The summed E-state index contributed by atoms with van der Waals surface area (Å²) in [6, 6.07) is 15.8. The van der Waals surface area contributed by atoms with Crippen LogP contribution in [0.2, 0.25) is 0 Å². The first kappa shape index (κ1) is 20.0. The minimum Gasteiger partial charge on any atom is -0.497 e. The van der Waals surface area contributed by atoms with Crippen LogP contribution in [0.15, 0.2) is 53.9 Å². The minimum atomic E-state index is -1.08. The van der Waals surface area contributed by atoms with Gasteiger partial charge in [0, 0.05) is 17.5 Å². The number of nitrogens with zero attached hydrogens (tertiary/aromatic N) is 2. The van der Waals surface area contributed by atoms with Crippen LogP contribution in [-0.4, -0.2) is 42.1 Å². The van der Waals surface area contributed by atoms with Gasteiger partial charge < -0.3 is 10.1 Å².